The number of alkyl halides is 3. The normalized spacial score (nSPS) is 19.3. The van der Waals surface area contributed by atoms with Crippen LogP contribution in [0.5, 0.6) is 0 Å². The fourth-order valence-corrected chi connectivity index (χ4v) is 2.37. The van der Waals surface area contributed by atoms with Crippen LogP contribution in [0.25, 0.3) is 0 Å². The Labute approximate surface area is 99.0 Å². The van der Waals surface area contributed by atoms with Crippen molar-refractivity contribution in [2.45, 2.75) is 44.3 Å². The molecule has 1 aromatic carbocycles. The van der Waals surface area contributed by atoms with E-state index in [0.717, 1.165) is 30.7 Å². The van der Waals surface area contributed by atoms with Crippen LogP contribution in [-0.2, 0) is 6.18 Å². The SMILES string of the molecule is CC1(Nc2ccc(C(F)(F)F)cc2)CCCC1. The van der Waals surface area contributed by atoms with E-state index >= 15 is 0 Å². The summed E-state index contributed by atoms with van der Waals surface area (Å²) in [7, 11) is 0. The van der Waals surface area contributed by atoms with Crippen molar-refractivity contribution in [3.63, 3.8) is 0 Å². The van der Waals surface area contributed by atoms with Gasteiger partial charge in [0.2, 0.25) is 0 Å². The minimum absolute atomic E-state index is 0.0414. The molecule has 0 heterocycles. The summed E-state index contributed by atoms with van der Waals surface area (Å²) in [5.74, 6) is 0. The number of hydrogen-bond acceptors (Lipinski definition) is 1. The van der Waals surface area contributed by atoms with E-state index < -0.39 is 11.7 Å². The van der Waals surface area contributed by atoms with Crippen LogP contribution in [0.2, 0.25) is 0 Å². The Hall–Kier alpha value is -1.19. The lowest BCUT2D eigenvalue weighted by molar-refractivity contribution is -0.137. The molecule has 2 rings (SSSR count). The van der Waals surface area contributed by atoms with Crippen LogP contribution in [0.1, 0.15) is 38.2 Å². The number of rotatable bonds is 2. The molecule has 0 spiro atoms. The van der Waals surface area contributed by atoms with Gasteiger partial charge in [-0.2, -0.15) is 13.2 Å². The average Bonchev–Trinajstić information content (AvgIpc) is 2.64. The van der Waals surface area contributed by atoms with E-state index in [0.29, 0.717) is 0 Å². The van der Waals surface area contributed by atoms with Crippen molar-refractivity contribution in [3.8, 4) is 0 Å². The lowest BCUT2D eigenvalue weighted by atomic mass is 10.00. The van der Waals surface area contributed by atoms with E-state index in [1.165, 1.54) is 25.0 Å². The molecule has 1 aliphatic carbocycles. The molecule has 0 radical (unpaired) electrons. The predicted molar refractivity (Wildman–Crippen MR) is 61.9 cm³/mol. The molecule has 0 aliphatic heterocycles. The van der Waals surface area contributed by atoms with Crippen molar-refractivity contribution in [1.29, 1.82) is 0 Å². The molecule has 1 aromatic rings. The minimum Gasteiger partial charge on any atom is -0.380 e. The molecule has 0 amide bonds. The fourth-order valence-electron chi connectivity index (χ4n) is 2.37. The summed E-state index contributed by atoms with van der Waals surface area (Å²) >= 11 is 0. The quantitative estimate of drug-likeness (QED) is 0.809. The third kappa shape index (κ3) is 2.93. The van der Waals surface area contributed by atoms with Gasteiger partial charge in [-0.25, -0.2) is 0 Å². The van der Waals surface area contributed by atoms with Crippen LogP contribution < -0.4 is 5.32 Å². The van der Waals surface area contributed by atoms with Gasteiger partial charge in [-0.1, -0.05) is 12.8 Å². The van der Waals surface area contributed by atoms with Crippen LogP contribution in [-0.4, -0.2) is 5.54 Å². The lowest BCUT2D eigenvalue weighted by Crippen LogP contribution is -2.30. The number of benzene rings is 1. The summed E-state index contributed by atoms with van der Waals surface area (Å²) in [5.41, 5.74) is 0.210. The second-order valence-electron chi connectivity index (χ2n) is 4.97. The maximum absolute atomic E-state index is 12.4. The molecule has 0 atom stereocenters. The zero-order chi connectivity index (χ0) is 12.5. The third-order valence-electron chi connectivity index (χ3n) is 3.37. The molecule has 17 heavy (non-hydrogen) atoms. The number of hydrogen-bond donors (Lipinski definition) is 1. The van der Waals surface area contributed by atoms with Crippen LogP contribution in [0.3, 0.4) is 0 Å². The first-order valence-electron chi connectivity index (χ1n) is 5.85. The molecule has 1 N–H and O–H groups in total. The van der Waals surface area contributed by atoms with Crippen LogP contribution in [0, 0.1) is 0 Å². The smallest absolute Gasteiger partial charge is 0.380 e. The monoisotopic (exact) mass is 243 g/mol. The van der Waals surface area contributed by atoms with E-state index in [4.69, 9.17) is 0 Å². The molecule has 1 saturated carbocycles. The van der Waals surface area contributed by atoms with E-state index in [-0.39, 0.29) is 5.54 Å². The fraction of sp³-hybridized carbons (Fsp3) is 0.538. The topological polar surface area (TPSA) is 12.0 Å². The van der Waals surface area contributed by atoms with Gasteiger partial charge >= 0.3 is 6.18 Å². The van der Waals surface area contributed by atoms with Gasteiger partial charge in [0.15, 0.2) is 0 Å². The summed E-state index contributed by atoms with van der Waals surface area (Å²) in [4.78, 5) is 0. The van der Waals surface area contributed by atoms with Gasteiger partial charge in [0.1, 0.15) is 0 Å². The first-order valence-corrected chi connectivity index (χ1v) is 5.85. The summed E-state index contributed by atoms with van der Waals surface area (Å²) in [6, 6.07) is 5.26. The highest BCUT2D eigenvalue weighted by Gasteiger charge is 2.31. The summed E-state index contributed by atoms with van der Waals surface area (Å²) in [6.07, 6.45) is 0.270. The molecule has 1 aliphatic rings. The Morgan fingerprint density at radius 1 is 1.06 bits per heavy atom. The highest BCUT2D eigenvalue weighted by molar-refractivity contribution is 5.47. The van der Waals surface area contributed by atoms with Crippen molar-refractivity contribution in [2.24, 2.45) is 0 Å². The Bertz CT molecular complexity index is 375. The average molecular weight is 243 g/mol. The standard InChI is InChI=1S/C13H16F3N/c1-12(8-2-3-9-12)17-11-6-4-10(5-7-11)13(14,15)16/h4-7,17H,2-3,8-9H2,1H3. The van der Waals surface area contributed by atoms with Crippen molar-refractivity contribution >= 4 is 5.69 Å². The number of anilines is 1. The summed E-state index contributed by atoms with van der Waals surface area (Å²) in [5, 5.41) is 3.33. The number of halogens is 3. The molecule has 0 aromatic heterocycles. The van der Waals surface area contributed by atoms with Crippen molar-refractivity contribution in [3.05, 3.63) is 29.8 Å². The molecule has 1 nitrogen and oxygen atoms in total. The van der Waals surface area contributed by atoms with Crippen molar-refractivity contribution in [1.82, 2.24) is 0 Å². The van der Waals surface area contributed by atoms with Crippen LogP contribution >= 0.6 is 0 Å². The molecule has 0 saturated heterocycles. The largest absolute Gasteiger partial charge is 0.416 e. The van der Waals surface area contributed by atoms with Gasteiger partial charge in [0, 0.05) is 11.2 Å². The van der Waals surface area contributed by atoms with Gasteiger partial charge in [-0.3, -0.25) is 0 Å². The Morgan fingerprint density at radius 3 is 2.06 bits per heavy atom. The highest BCUT2D eigenvalue weighted by Crippen LogP contribution is 2.34. The lowest BCUT2D eigenvalue weighted by Gasteiger charge is -2.26. The van der Waals surface area contributed by atoms with E-state index in [2.05, 4.69) is 12.2 Å². The van der Waals surface area contributed by atoms with Gasteiger partial charge in [-0.05, 0) is 44.0 Å². The molecule has 0 unspecified atom stereocenters. The second kappa shape index (κ2) is 4.24. The summed E-state index contributed by atoms with van der Waals surface area (Å²) in [6.45, 7) is 2.12. The van der Waals surface area contributed by atoms with E-state index in [9.17, 15) is 13.2 Å². The molecular formula is C13H16F3N. The zero-order valence-corrected chi connectivity index (χ0v) is 9.77. The summed E-state index contributed by atoms with van der Waals surface area (Å²) < 4.78 is 37.1. The zero-order valence-electron chi connectivity index (χ0n) is 9.77. The Morgan fingerprint density at radius 2 is 1.59 bits per heavy atom. The van der Waals surface area contributed by atoms with Gasteiger partial charge in [-0.15, -0.1) is 0 Å². The molecular weight excluding hydrogens is 227 g/mol. The van der Waals surface area contributed by atoms with Crippen molar-refractivity contribution in [2.75, 3.05) is 5.32 Å². The molecule has 94 valence electrons. The molecule has 1 fully saturated rings. The molecule has 0 bridgehead atoms. The Kier molecular flexibility index (Phi) is 3.06. The second-order valence-corrected chi connectivity index (χ2v) is 4.97. The third-order valence-corrected chi connectivity index (χ3v) is 3.37. The van der Waals surface area contributed by atoms with Crippen molar-refractivity contribution < 1.29 is 13.2 Å². The van der Waals surface area contributed by atoms with Gasteiger partial charge in [0.25, 0.3) is 0 Å². The van der Waals surface area contributed by atoms with E-state index in [1.807, 2.05) is 0 Å². The maximum atomic E-state index is 12.4. The number of nitrogens with one attached hydrogen (secondary N) is 1. The molecule has 4 heteroatoms. The Balaban J connectivity index is 2.08. The van der Waals surface area contributed by atoms with Gasteiger partial charge < -0.3 is 5.32 Å². The maximum Gasteiger partial charge on any atom is 0.416 e. The van der Waals surface area contributed by atoms with E-state index in [1.54, 1.807) is 0 Å². The highest BCUT2D eigenvalue weighted by atomic mass is 19.4. The first-order chi connectivity index (χ1) is 7.89. The minimum atomic E-state index is -4.25. The van der Waals surface area contributed by atoms with Crippen LogP contribution in [0.4, 0.5) is 18.9 Å². The first kappa shape index (κ1) is 12.3. The predicted octanol–water partition coefficient (Wildman–Crippen LogP) is 4.45. The van der Waals surface area contributed by atoms with Crippen LogP contribution in [0.15, 0.2) is 24.3 Å². The van der Waals surface area contributed by atoms with Gasteiger partial charge in [0.05, 0.1) is 5.56 Å².